The Bertz CT molecular complexity index is 600. The SMILES string of the molecule is Cn1cnnc1S(=O)(=O)N1CCC2(O)CCCCC2C1. The van der Waals surface area contributed by atoms with Crippen molar-refractivity contribution in [3.8, 4) is 0 Å². The topological polar surface area (TPSA) is 88.3 Å². The summed E-state index contributed by atoms with van der Waals surface area (Å²) in [6.45, 7) is 0.730. The quantitative estimate of drug-likeness (QED) is 0.839. The van der Waals surface area contributed by atoms with Gasteiger partial charge in [-0.3, -0.25) is 0 Å². The Morgan fingerprint density at radius 2 is 2.20 bits per heavy atom. The fraction of sp³-hybridized carbons (Fsp3) is 0.833. The molecule has 1 aliphatic carbocycles. The number of sulfonamides is 1. The number of aryl methyl sites for hydroxylation is 1. The number of hydrogen-bond acceptors (Lipinski definition) is 5. The molecule has 0 spiro atoms. The molecule has 1 aliphatic heterocycles. The highest BCUT2D eigenvalue weighted by atomic mass is 32.2. The zero-order valence-corrected chi connectivity index (χ0v) is 12.4. The molecule has 2 aliphatic rings. The Balaban J connectivity index is 1.84. The van der Waals surface area contributed by atoms with E-state index in [1.54, 1.807) is 7.05 Å². The lowest BCUT2D eigenvalue weighted by Crippen LogP contribution is -2.54. The van der Waals surface area contributed by atoms with Gasteiger partial charge in [0.25, 0.3) is 15.2 Å². The molecule has 2 fully saturated rings. The van der Waals surface area contributed by atoms with Crippen LogP contribution in [0.3, 0.4) is 0 Å². The molecule has 20 heavy (non-hydrogen) atoms. The van der Waals surface area contributed by atoms with Crippen LogP contribution in [0.1, 0.15) is 32.1 Å². The van der Waals surface area contributed by atoms with Crippen molar-refractivity contribution in [1.82, 2.24) is 19.1 Å². The number of nitrogens with zero attached hydrogens (tertiary/aromatic N) is 4. The van der Waals surface area contributed by atoms with Gasteiger partial charge in [-0.25, -0.2) is 8.42 Å². The van der Waals surface area contributed by atoms with Crippen molar-refractivity contribution in [3.63, 3.8) is 0 Å². The molecule has 0 radical (unpaired) electrons. The van der Waals surface area contributed by atoms with Gasteiger partial charge in [0.05, 0.1) is 5.60 Å². The van der Waals surface area contributed by atoms with Crippen molar-refractivity contribution in [1.29, 1.82) is 0 Å². The Morgan fingerprint density at radius 3 is 2.90 bits per heavy atom. The monoisotopic (exact) mass is 300 g/mol. The Kier molecular flexibility index (Phi) is 3.34. The largest absolute Gasteiger partial charge is 0.390 e. The summed E-state index contributed by atoms with van der Waals surface area (Å²) in [5.74, 6) is 0.0352. The molecular weight excluding hydrogens is 280 g/mol. The van der Waals surface area contributed by atoms with Crippen molar-refractivity contribution in [2.24, 2.45) is 13.0 Å². The molecule has 0 amide bonds. The second kappa shape index (κ2) is 4.78. The van der Waals surface area contributed by atoms with Crippen LogP contribution in [-0.4, -0.2) is 51.3 Å². The van der Waals surface area contributed by atoms with E-state index in [2.05, 4.69) is 10.2 Å². The molecule has 8 heteroatoms. The Labute approximate surface area is 118 Å². The Hall–Kier alpha value is -0.990. The second-order valence-corrected chi connectivity index (χ2v) is 7.72. The van der Waals surface area contributed by atoms with Gasteiger partial charge < -0.3 is 9.67 Å². The summed E-state index contributed by atoms with van der Waals surface area (Å²) in [5.41, 5.74) is -0.676. The summed E-state index contributed by atoms with van der Waals surface area (Å²) in [5, 5.41) is 17.9. The Morgan fingerprint density at radius 1 is 1.40 bits per heavy atom. The average Bonchev–Trinajstić information content (AvgIpc) is 2.84. The fourth-order valence-corrected chi connectivity index (χ4v) is 4.88. The minimum absolute atomic E-state index is 0.0289. The van der Waals surface area contributed by atoms with Gasteiger partial charge in [0, 0.05) is 26.1 Å². The maximum absolute atomic E-state index is 12.6. The normalized spacial score (nSPS) is 32.0. The summed E-state index contributed by atoms with van der Waals surface area (Å²) in [4.78, 5) is 0. The summed E-state index contributed by atoms with van der Waals surface area (Å²) in [7, 11) is -2.00. The number of aliphatic hydroxyl groups is 1. The molecule has 0 aromatic carbocycles. The van der Waals surface area contributed by atoms with E-state index in [-0.39, 0.29) is 11.1 Å². The third-order valence-electron chi connectivity index (χ3n) is 4.63. The highest BCUT2D eigenvalue weighted by Gasteiger charge is 2.46. The predicted octanol–water partition coefficient (Wildman–Crippen LogP) is 0.131. The summed E-state index contributed by atoms with van der Waals surface area (Å²) in [6.07, 6.45) is 5.66. The van der Waals surface area contributed by atoms with Crippen LogP contribution in [0.15, 0.2) is 11.5 Å². The van der Waals surface area contributed by atoms with Crippen molar-refractivity contribution >= 4 is 10.0 Å². The van der Waals surface area contributed by atoms with Crippen LogP contribution < -0.4 is 0 Å². The summed E-state index contributed by atoms with van der Waals surface area (Å²) < 4.78 is 28.0. The summed E-state index contributed by atoms with van der Waals surface area (Å²) in [6, 6.07) is 0. The highest BCUT2D eigenvalue weighted by Crippen LogP contribution is 2.40. The van der Waals surface area contributed by atoms with Crippen molar-refractivity contribution in [2.75, 3.05) is 13.1 Å². The smallest absolute Gasteiger partial charge is 0.278 e. The number of fused-ring (bicyclic) bond motifs is 1. The predicted molar refractivity (Wildman–Crippen MR) is 71.3 cm³/mol. The second-order valence-electron chi connectivity index (χ2n) is 5.88. The number of hydrogen-bond donors (Lipinski definition) is 1. The van der Waals surface area contributed by atoms with E-state index in [9.17, 15) is 13.5 Å². The first-order valence-corrected chi connectivity index (χ1v) is 8.44. The first-order chi connectivity index (χ1) is 9.43. The van der Waals surface area contributed by atoms with Crippen LogP contribution in [0.25, 0.3) is 0 Å². The average molecular weight is 300 g/mol. The first kappa shape index (κ1) is 14.0. The van der Waals surface area contributed by atoms with E-state index >= 15 is 0 Å². The van der Waals surface area contributed by atoms with Gasteiger partial charge in [0.2, 0.25) is 0 Å². The first-order valence-electron chi connectivity index (χ1n) is 7.00. The highest BCUT2D eigenvalue weighted by molar-refractivity contribution is 7.89. The van der Waals surface area contributed by atoms with E-state index in [1.165, 1.54) is 15.2 Å². The zero-order valence-electron chi connectivity index (χ0n) is 11.6. The maximum Gasteiger partial charge on any atom is 0.278 e. The molecule has 0 bridgehead atoms. The number of aromatic nitrogens is 3. The number of piperidine rings is 1. The molecule has 1 saturated carbocycles. The lowest BCUT2D eigenvalue weighted by molar-refractivity contribution is -0.0817. The van der Waals surface area contributed by atoms with Gasteiger partial charge >= 0.3 is 0 Å². The van der Waals surface area contributed by atoms with Crippen LogP contribution in [0.4, 0.5) is 0 Å². The maximum atomic E-state index is 12.6. The minimum Gasteiger partial charge on any atom is -0.390 e. The van der Waals surface area contributed by atoms with E-state index in [4.69, 9.17) is 0 Å². The number of rotatable bonds is 2. The zero-order chi connectivity index (χ0) is 14.4. The standard InChI is InChI=1S/C12H20N4O3S/c1-15-9-13-14-11(15)20(18,19)16-7-6-12(17)5-3-2-4-10(12)8-16/h9-10,17H,2-8H2,1H3. The molecule has 1 aromatic heterocycles. The molecule has 2 heterocycles. The molecule has 2 atom stereocenters. The van der Waals surface area contributed by atoms with Crippen LogP contribution in [-0.2, 0) is 17.1 Å². The lowest BCUT2D eigenvalue weighted by Gasteiger charge is -2.46. The molecule has 112 valence electrons. The van der Waals surface area contributed by atoms with Gasteiger partial charge in [-0.1, -0.05) is 12.8 Å². The molecule has 2 unspecified atom stereocenters. The van der Waals surface area contributed by atoms with Crippen LogP contribution in [0, 0.1) is 5.92 Å². The van der Waals surface area contributed by atoms with Crippen molar-refractivity contribution in [3.05, 3.63) is 6.33 Å². The third kappa shape index (κ3) is 2.15. The van der Waals surface area contributed by atoms with Gasteiger partial charge in [0.1, 0.15) is 6.33 Å². The molecule has 1 saturated heterocycles. The van der Waals surface area contributed by atoms with Crippen LogP contribution in [0.2, 0.25) is 0 Å². The van der Waals surface area contributed by atoms with E-state index in [0.29, 0.717) is 19.5 Å². The van der Waals surface area contributed by atoms with Crippen LogP contribution >= 0.6 is 0 Å². The summed E-state index contributed by atoms with van der Waals surface area (Å²) >= 11 is 0. The molecule has 7 nitrogen and oxygen atoms in total. The third-order valence-corrected chi connectivity index (χ3v) is 6.47. The molecule has 3 rings (SSSR count). The molecule has 1 aromatic rings. The van der Waals surface area contributed by atoms with E-state index in [1.807, 2.05) is 0 Å². The van der Waals surface area contributed by atoms with Gasteiger partial charge in [-0.05, 0) is 19.3 Å². The van der Waals surface area contributed by atoms with Crippen molar-refractivity contribution in [2.45, 2.75) is 42.9 Å². The van der Waals surface area contributed by atoms with Gasteiger partial charge in [-0.2, -0.15) is 4.31 Å². The van der Waals surface area contributed by atoms with Crippen molar-refractivity contribution < 1.29 is 13.5 Å². The van der Waals surface area contributed by atoms with Gasteiger partial charge in [-0.15, -0.1) is 10.2 Å². The van der Waals surface area contributed by atoms with Gasteiger partial charge in [0.15, 0.2) is 0 Å². The molecule has 1 N–H and O–H groups in total. The molecular formula is C12H20N4O3S. The minimum atomic E-state index is -3.62. The van der Waals surface area contributed by atoms with E-state index < -0.39 is 15.6 Å². The fourth-order valence-electron chi connectivity index (χ4n) is 3.38. The van der Waals surface area contributed by atoms with E-state index in [0.717, 1.165) is 25.7 Å². The lowest BCUT2D eigenvalue weighted by atomic mass is 9.72. The van der Waals surface area contributed by atoms with Crippen LogP contribution in [0.5, 0.6) is 0 Å².